The number of hydrogen-bond donors (Lipinski definition) is 2. The van der Waals surface area contributed by atoms with Crippen molar-refractivity contribution in [1.82, 2.24) is 15.1 Å². The highest BCUT2D eigenvalue weighted by molar-refractivity contribution is 5.80. The van der Waals surface area contributed by atoms with Crippen LogP contribution in [0.4, 0.5) is 0 Å². The molecule has 1 saturated carbocycles. The zero-order chi connectivity index (χ0) is 15.4. The van der Waals surface area contributed by atoms with Crippen molar-refractivity contribution in [2.45, 2.75) is 50.5 Å². The van der Waals surface area contributed by atoms with Gasteiger partial charge in [0.15, 0.2) is 5.96 Å². The van der Waals surface area contributed by atoms with E-state index in [-0.39, 0.29) is 0 Å². The van der Waals surface area contributed by atoms with Crippen LogP contribution >= 0.6 is 0 Å². The van der Waals surface area contributed by atoms with Gasteiger partial charge in [-0.05, 0) is 51.1 Å². The SMILES string of the molecule is CN=C(NCC1(O)CCCC1)N1CCC(CN2CCCC2)C1. The van der Waals surface area contributed by atoms with Crippen molar-refractivity contribution >= 4 is 5.96 Å². The number of guanidine groups is 1. The van der Waals surface area contributed by atoms with Gasteiger partial charge in [0.2, 0.25) is 0 Å². The molecule has 1 aliphatic carbocycles. The van der Waals surface area contributed by atoms with Gasteiger partial charge in [0.25, 0.3) is 0 Å². The zero-order valence-electron chi connectivity index (χ0n) is 14.1. The van der Waals surface area contributed by atoms with E-state index in [1.807, 2.05) is 7.05 Å². The largest absolute Gasteiger partial charge is 0.388 e. The molecular formula is C17H32N4O. The molecule has 5 heteroatoms. The molecule has 3 rings (SSSR count). The molecule has 2 aliphatic heterocycles. The minimum absolute atomic E-state index is 0.509. The van der Waals surface area contributed by atoms with Crippen molar-refractivity contribution < 1.29 is 5.11 Å². The molecule has 0 radical (unpaired) electrons. The summed E-state index contributed by atoms with van der Waals surface area (Å²) in [6.07, 6.45) is 8.16. The quantitative estimate of drug-likeness (QED) is 0.607. The Morgan fingerprint density at radius 3 is 2.59 bits per heavy atom. The van der Waals surface area contributed by atoms with E-state index in [9.17, 15) is 5.11 Å². The van der Waals surface area contributed by atoms with Crippen LogP contribution in [0, 0.1) is 5.92 Å². The first-order chi connectivity index (χ1) is 10.7. The molecule has 0 aromatic heterocycles. The standard InChI is InChI=1S/C17H32N4O/c1-18-16(19-14-17(22)7-2-3-8-17)21-11-6-15(13-21)12-20-9-4-5-10-20/h15,22H,2-14H2,1H3,(H,18,19). The maximum Gasteiger partial charge on any atom is 0.193 e. The van der Waals surface area contributed by atoms with Crippen LogP contribution < -0.4 is 5.32 Å². The van der Waals surface area contributed by atoms with E-state index in [4.69, 9.17) is 0 Å². The molecule has 0 bridgehead atoms. The van der Waals surface area contributed by atoms with Gasteiger partial charge in [-0.3, -0.25) is 4.99 Å². The molecule has 1 atom stereocenters. The monoisotopic (exact) mass is 308 g/mol. The zero-order valence-corrected chi connectivity index (χ0v) is 14.1. The second kappa shape index (κ2) is 7.18. The Morgan fingerprint density at radius 2 is 1.91 bits per heavy atom. The number of rotatable bonds is 4. The summed E-state index contributed by atoms with van der Waals surface area (Å²) in [6.45, 7) is 6.67. The number of likely N-dealkylation sites (tertiary alicyclic amines) is 2. The molecule has 3 fully saturated rings. The van der Waals surface area contributed by atoms with Crippen LogP contribution in [0.5, 0.6) is 0 Å². The Labute approximate surface area is 134 Å². The van der Waals surface area contributed by atoms with E-state index >= 15 is 0 Å². The maximum atomic E-state index is 10.5. The molecule has 0 spiro atoms. The van der Waals surface area contributed by atoms with Gasteiger partial charge in [-0.2, -0.15) is 0 Å². The molecule has 1 unspecified atom stereocenters. The normalized spacial score (nSPS) is 29.5. The molecule has 5 nitrogen and oxygen atoms in total. The molecule has 0 aromatic carbocycles. The highest BCUT2D eigenvalue weighted by Crippen LogP contribution is 2.28. The average molecular weight is 308 g/mol. The molecule has 0 aromatic rings. The summed E-state index contributed by atoms with van der Waals surface area (Å²) in [5.41, 5.74) is -0.509. The third-order valence-corrected chi connectivity index (χ3v) is 5.62. The van der Waals surface area contributed by atoms with Crippen molar-refractivity contribution in [3.63, 3.8) is 0 Å². The van der Waals surface area contributed by atoms with Crippen LogP contribution in [0.25, 0.3) is 0 Å². The molecular weight excluding hydrogens is 276 g/mol. The van der Waals surface area contributed by atoms with E-state index in [1.54, 1.807) is 0 Å². The average Bonchev–Trinajstić information content (AvgIpc) is 3.24. The predicted molar refractivity (Wildman–Crippen MR) is 90.1 cm³/mol. The van der Waals surface area contributed by atoms with Gasteiger partial charge in [-0.25, -0.2) is 0 Å². The van der Waals surface area contributed by atoms with Crippen molar-refractivity contribution in [3.8, 4) is 0 Å². The molecule has 2 heterocycles. The molecule has 3 aliphatic rings. The highest BCUT2D eigenvalue weighted by atomic mass is 16.3. The lowest BCUT2D eigenvalue weighted by atomic mass is 10.0. The summed E-state index contributed by atoms with van der Waals surface area (Å²) in [5.74, 6) is 1.75. The van der Waals surface area contributed by atoms with Gasteiger partial charge >= 0.3 is 0 Å². The summed E-state index contributed by atoms with van der Waals surface area (Å²) in [5, 5.41) is 13.9. The van der Waals surface area contributed by atoms with Crippen LogP contribution in [-0.4, -0.2) is 72.8 Å². The van der Waals surface area contributed by atoms with E-state index in [0.29, 0.717) is 6.54 Å². The Balaban J connectivity index is 1.45. The molecule has 2 saturated heterocycles. The first kappa shape index (κ1) is 16.1. The van der Waals surface area contributed by atoms with Crippen LogP contribution in [0.2, 0.25) is 0 Å². The van der Waals surface area contributed by atoms with Crippen LogP contribution in [0.1, 0.15) is 44.9 Å². The smallest absolute Gasteiger partial charge is 0.193 e. The van der Waals surface area contributed by atoms with Crippen LogP contribution in [0.15, 0.2) is 4.99 Å². The van der Waals surface area contributed by atoms with Gasteiger partial charge in [-0.1, -0.05) is 12.8 Å². The van der Waals surface area contributed by atoms with Gasteiger partial charge in [-0.15, -0.1) is 0 Å². The summed E-state index contributed by atoms with van der Waals surface area (Å²) in [4.78, 5) is 9.43. The van der Waals surface area contributed by atoms with Gasteiger partial charge in [0.1, 0.15) is 0 Å². The van der Waals surface area contributed by atoms with Gasteiger partial charge < -0.3 is 20.2 Å². The van der Waals surface area contributed by atoms with E-state index in [0.717, 1.165) is 50.7 Å². The van der Waals surface area contributed by atoms with Crippen molar-refractivity contribution in [2.24, 2.45) is 10.9 Å². The summed E-state index contributed by atoms with van der Waals surface area (Å²) < 4.78 is 0. The minimum Gasteiger partial charge on any atom is -0.388 e. The third kappa shape index (κ3) is 3.93. The second-order valence-electron chi connectivity index (χ2n) is 7.44. The number of nitrogens with zero attached hydrogens (tertiary/aromatic N) is 3. The van der Waals surface area contributed by atoms with Gasteiger partial charge in [0.05, 0.1) is 5.60 Å². The summed E-state index contributed by atoms with van der Waals surface area (Å²) in [6, 6.07) is 0. The fraction of sp³-hybridized carbons (Fsp3) is 0.941. The molecule has 2 N–H and O–H groups in total. The Kier molecular flexibility index (Phi) is 5.24. The van der Waals surface area contributed by atoms with Crippen molar-refractivity contribution in [3.05, 3.63) is 0 Å². The number of hydrogen-bond acceptors (Lipinski definition) is 3. The fourth-order valence-electron chi connectivity index (χ4n) is 4.29. The van der Waals surface area contributed by atoms with E-state index < -0.39 is 5.60 Å². The lowest BCUT2D eigenvalue weighted by Crippen LogP contribution is -2.47. The topological polar surface area (TPSA) is 51.1 Å². The van der Waals surface area contributed by atoms with Crippen LogP contribution in [0.3, 0.4) is 0 Å². The van der Waals surface area contributed by atoms with Crippen molar-refractivity contribution in [2.75, 3.05) is 46.3 Å². The number of aliphatic imine (C=N–C) groups is 1. The summed E-state index contributed by atoms with van der Waals surface area (Å²) >= 11 is 0. The van der Waals surface area contributed by atoms with E-state index in [1.165, 1.54) is 38.9 Å². The highest BCUT2D eigenvalue weighted by Gasteiger charge is 2.32. The second-order valence-corrected chi connectivity index (χ2v) is 7.44. The molecule has 0 amide bonds. The van der Waals surface area contributed by atoms with E-state index in [2.05, 4.69) is 20.1 Å². The lowest BCUT2D eigenvalue weighted by molar-refractivity contribution is 0.0516. The lowest BCUT2D eigenvalue weighted by Gasteiger charge is -2.27. The molecule has 126 valence electrons. The first-order valence-corrected chi connectivity index (χ1v) is 9.09. The maximum absolute atomic E-state index is 10.5. The minimum atomic E-state index is -0.509. The van der Waals surface area contributed by atoms with Crippen molar-refractivity contribution in [1.29, 1.82) is 0 Å². The molecule has 22 heavy (non-hydrogen) atoms. The van der Waals surface area contributed by atoms with Crippen LogP contribution in [-0.2, 0) is 0 Å². The number of nitrogens with one attached hydrogen (secondary N) is 1. The summed E-state index contributed by atoms with van der Waals surface area (Å²) in [7, 11) is 1.86. The number of aliphatic hydroxyl groups is 1. The Bertz CT molecular complexity index is 386. The predicted octanol–water partition coefficient (Wildman–Crippen LogP) is 1.28. The third-order valence-electron chi connectivity index (χ3n) is 5.62. The van der Waals surface area contributed by atoms with Gasteiger partial charge in [0, 0.05) is 33.2 Å². The Hall–Kier alpha value is -0.810. The Morgan fingerprint density at radius 1 is 1.18 bits per heavy atom. The first-order valence-electron chi connectivity index (χ1n) is 9.09. The fourth-order valence-corrected chi connectivity index (χ4v) is 4.29.